The Bertz CT molecular complexity index is 791. The van der Waals surface area contributed by atoms with E-state index in [0.29, 0.717) is 27.0 Å². The van der Waals surface area contributed by atoms with Crippen molar-refractivity contribution in [2.75, 3.05) is 5.32 Å². The molecular weight excluding hydrogens is 377 g/mol. The summed E-state index contributed by atoms with van der Waals surface area (Å²) in [6, 6.07) is 11.2. The number of carbonyl (C=O) groups excluding carboxylic acids is 2. The molecule has 0 saturated carbocycles. The second-order valence-electron chi connectivity index (χ2n) is 5.86. The van der Waals surface area contributed by atoms with Gasteiger partial charge in [0.2, 0.25) is 0 Å². The monoisotopic (exact) mass is 395 g/mol. The Morgan fingerprint density at radius 3 is 2.23 bits per heavy atom. The molecule has 2 aromatic rings. The highest BCUT2D eigenvalue weighted by Gasteiger charge is 2.17. The Morgan fingerprint density at radius 1 is 1.00 bits per heavy atom. The Labute approximate surface area is 162 Å². The van der Waals surface area contributed by atoms with Crippen molar-refractivity contribution in [2.45, 2.75) is 33.0 Å². The molecule has 0 aromatic heterocycles. The molecule has 0 saturated heterocycles. The van der Waals surface area contributed by atoms with Crippen molar-refractivity contribution in [3.63, 3.8) is 0 Å². The lowest BCUT2D eigenvalue weighted by molar-refractivity contribution is -0.122. The molecule has 138 valence electrons. The lowest BCUT2D eigenvalue weighted by atomic mass is 10.2. The summed E-state index contributed by atoms with van der Waals surface area (Å²) in [5.41, 5.74) is 0.947. The van der Waals surface area contributed by atoms with Crippen molar-refractivity contribution in [3.8, 4) is 5.75 Å². The quantitative estimate of drug-likeness (QED) is 0.701. The van der Waals surface area contributed by atoms with Gasteiger partial charge in [0, 0.05) is 10.7 Å². The molecule has 0 spiro atoms. The second-order valence-corrected chi connectivity index (χ2v) is 6.70. The highest BCUT2D eigenvalue weighted by atomic mass is 35.5. The topological polar surface area (TPSA) is 64.6 Å². The van der Waals surface area contributed by atoms with Crippen LogP contribution in [0.2, 0.25) is 10.0 Å². The summed E-state index contributed by atoms with van der Waals surface area (Å²) in [6.45, 7) is 5.16. The van der Waals surface area contributed by atoms with Gasteiger partial charge in [0.1, 0.15) is 5.75 Å². The first-order valence-electron chi connectivity index (χ1n) is 8.00. The summed E-state index contributed by atoms with van der Waals surface area (Å²) >= 11 is 11.9. The molecule has 7 heteroatoms. The average molecular weight is 396 g/mol. The highest BCUT2D eigenvalue weighted by Crippen LogP contribution is 2.28. The molecule has 0 aliphatic rings. The molecule has 1 amide bonds. The minimum atomic E-state index is -0.778. The number of nitrogens with one attached hydrogen (secondary N) is 1. The highest BCUT2D eigenvalue weighted by molar-refractivity contribution is 6.35. The third-order valence-electron chi connectivity index (χ3n) is 3.30. The molecule has 5 nitrogen and oxygen atoms in total. The smallest absolute Gasteiger partial charge is 0.338 e. The maximum Gasteiger partial charge on any atom is 0.338 e. The van der Waals surface area contributed by atoms with Crippen LogP contribution < -0.4 is 10.1 Å². The number of anilines is 1. The summed E-state index contributed by atoms with van der Waals surface area (Å²) in [6.07, 6.45) is -0.973. The van der Waals surface area contributed by atoms with Crippen LogP contribution in [0.5, 0.6) is 5.75 Å². The maximum absolute atomic E-state index is 12.3. The van der Waals surface area contributed by atoms with E-state index < -0.39 is 12.1 Å². The van der Waals surface area contributed by atoms with Crippen LogP contribution >= 0.6 is 23.2 Å². The van der Waals surface area contributed by atoms with Crippen molar-refractivity contribution in [1.29, 1.82) is 0 Å². The van der Waals surface area contributed by atoms with Crippen LogP contribution in [-0.2, 0) is 9.53 Å². The van der Waals surface area contributed by atoms with Crippen molar-refractivity contribution in [3.05, 3.63) is 58.1 Å². The fourth-order valence-corrected chi connectivity index (χ4v) is 2.48. The van der Waals surface area contributed by atoms with Gasteiger partial charge in [-0.1, -0.05) is 23.2 Å². The van der Waals surface area contributed by atoms with Crippen LogP contribution in [0.15, 0.2) is 42.5 Å². The fourth-order valence-electron chi connectivity index (χ4n) is 2.03. The number of carbonyl (C=O) groups is 2. The van der Waals surface area contributed by atoms with Crippen molar-refractivity contribution >= 4 is 40.8 Å². The van der Waals surface area contributed by atoms with Gasteiger partial charge in [-0.3, -0.25) is 4.79 Å². The van der Waals surface area contributed by atoms with Crippen molar-refractivity contribution < 1.29 is 19.1 Å². The Hall–Kier alpha value is -2.24. The van der Waals surface area contributed by atoms with Crippen LogP contribution in [0.1, 0.15) is 31.1 Å². The second kappa shape index (κ2) is 8.92. The first-order valence-corrected chi connectivity index (χ1v) is 8.75. The van der Waals surface area contributed by atoms with E-state index in [0.717, 1.165) is 0 Å². The number of hydrogen-bond acceptors (Lipinski definition) is 4. The van der Waals surface area contributed by atoms with Gasteiger partial charge in [0.25, 0.3) is 5.91 Å². The number of rotatable bonds is 6. The van der Waals surface area contributed by atoms with Crippen LogP contribution in [-0.4, -0.2) is 24.1 Å². The molecule has 0 heterocycles. The molecule has 0 fully saturated rings. The Balaban J connectivity index is 1.97. The Kier molecular flexibility index (Phi) is 6.89. The number of esters is 1. The maximum atomic E-state index is 12.3. The molecule has 0 bridgehead atoms. The summed E-state index contributed by atoms with van der Waals surface area (Å²) in [5, 5.41) is 3.52. The van der Waals surface area contributed by atoms with Crippen LogP contribution in [0, 0.1) is 0 Å². The molecule has 1 N–H and O–H groups in total. The lowest BCUT2D eigenvalue weighted by Gasteiger charge is -2.16. The van der Waals surface area contributed by atoms with Crippen LogP contribution in [0.4, 0.5) is 5.69 Å². The predicted molar refractivity (Wildman–Crippen MR) is 102 cm³/mol. The van der Waals surface area contributed by atoms with Gasteiger partial charge in [-0.15, -0.1) is 0 Å². The van der Waals surface area contributed by atoms with E-state index in [9.17, 15) is 9.59 Å². The van der Waals surface area contributed by atoms with Crippen LogP contribution in [0.3, 0.4) is 0 Å². The molecule has 0 radical (unpaired) electrons. The molecule has 0 aliphatic heterocycles. The third-order valence-corrected chi connectivity index (χ3v) is 3.83. The largest absolute Gasteiger partial charge is 0.479 e. The summed E-state index contributed by atoms with van der Waals surface area (Å²) in [4.78, 5) is 24.1. The van der Waals surface area contributed by atoms with Crippen LogP contribution in [0.25, 0.3) is 0 Å². The predicted octanol–water partition coefficient (Wildman–Crippen LogP) is 4.96. The van der Waals surface area contributed by atoms with E-state index in [4.69, 9.17) is 32.7 Å². The molecule has 0 aliphatic carbocycles. The minimum Gasteiger partial charge on any atom is -0.479 e. The first-order chi connectivity index (χ1) is 12.3. The van der Waals surface area contributed by atoms with Gasteiger partial charge >= 0.3 is 5.97 Å². The number of ether oxygens (including phenoxy) is 2. The normalized spacial score (nSPS) is 11.8. The number of benzene rings is 2. The average Bonchev–Trinajstić information content (AvgIpc) is 2.57. The molecule has 2 rings (SSSR count). The molecule has 2 aromatic carbocycles. The van der Waals surface area contributed by atoms with E-state index in [2.05, 4.69) is 5.32 Å². The van der Waals surface area contributed by atoms with Crippen molar-refractivity contribution in [2.24, 2.45) is 0 Å². The minimum absolute atomic E-state index is 0.195. The zero-order valence-electron chi connectivity index (χ0n) is 14.6. The number of amides is 1. The Morgan fingerprint density at radius 2 is 1.65 bits per heavy atom. The standard InChI is InChI=1S/C19H19Cl2NO4/c1-11(2)25-19(24)13-4-7-15(8-5-13)22-18(23)12(3)26-17-9-6-14(20)10-16(17)21/h4-12H,1-3H3,(H,22,23)/t12-/m0/s1. The van der Waals surface area contributed by atoms with Gasteiger partial charge in [-0.2, -0.15) is 0 Å². The fraction of sp³-hybridized carbons (Fsp3) is 0.263. The van der Waals surface area contributed by atoms with Gasteiger partial charge in [-0.25, -0.2) is 4.79 Å². The third kappa shape index (κ3) is 5.64. The summed E-state index contributed by atoms with van der Waals surface area (Å²) in [5.74, 6) is -0.397. The van der Waals surface area contributed by atoms with Gasteiger partial charge in [0.15, 0.2) is 6.10 Å². The van der Waals surface area contributed by atoms with Gasteiger partial charge in [-0.05, 0) is 63.2 Å². The van der Waals surface area contributed by atoms with E-state index in [-0.39, 0.29) is 12.0 Å². The van der Waals surface area contributed by atoms with E-state index in [1.807, 2.05) is 0 Å². The van der Waals surface area contributed by atoms with Gasteiger partial charge in [0.05, 0.1) is 16.7 Å². The zero-order valence-corrected chi connectivity index (χ0v) is 16.1. The summed E-state index contributed by atoms with van der Waals surface area (Å²) < 4.78 is 10.7. The van der Waals surface area contributed by atoms with Crippen molar-refractivity contribution in [1.82, 2.24) is 0 Å². The van der Waals surface area contributed by atoms with E-state index >= 15 is 0 Å². The molecular formula is C19H19Cl2NO4. The zero-order chi connectivity index (χ0) is 19.3. The lowest BCUT2D eigenvalue weighted by Crippen LogP contribution is -2.30. The molecule has 1 atom stereocenters. The molecule has 26 heavy (non-hydrogen) atoms. The van der Waals surface area contributed by atoms with E-state index in [1.165, 1.54) is 6.07 Å². The first kappa shape index (κ1) is 20.1. The summed E-state index contributed by atoms with van der Waals surface area (Å²) in [7, 11) is 0. The number of halogens is 2. The SMILES string of the molecule is CC(C)OC(=O)c1ccc(NC(=O)[C@H](C)Oc2ccc(Cl)cc2Cl)cc1. The number of hydrogen-bond donors (Lipinski definition) is 1. The van der Waals surface area contributed by atoms with Gasteiger partial charge < -0.3 is 14.8 Å². The van der Waals surface area contributed by atoms with E-state index in [1.54, 1.807) is 57.2 Å². The molecule has 0 unspecified atom stereocenters.